The molecule has 0 spiro atoms. The monoisotopic (exact) mass is 264 g/mol. The number of methoxy groups -OCH3 is 1. The van der Waals surface area contributed by atoms with Gasteiger partial charge in [-0.05, 0) is 31.0 Å². The van der Waals surface area contributed by atoms with Gasteiger partial charge in [0.2, 0.25) is 5.91 Å². The number of carbonyl (C=O) groups is 1. The summed E-state index contributed by atoms with van der Waals surface area (Å²) in [5, 5.41) is 12.9. The molecule has 0 saturated carbocycles. The van der Waals surface area contributed by atoms with E-state index >= 15 is 0 Å². The molecule has 2 N–H and O–H groups in total. The third-order valence-corrected chi connectivity index (χ3v) is 3.58. The van der Waals surface area contributed by atoms with Crippen LogP contribution in [-0.2, 0) is 4.79 Å². The molecule has 1 aromatic carbocycles. The van der Waals surface area contributed by atoms with Gasteiger partial charge < -0.3 is 14.7 Å². The quantitative estimate of drug-likeness (QED) is 0.860. The van der Waals surface area contributed by atoms with Crippen molar-refractivity contribution in [2.75, 3.05) is 20.7 Å². The molecular weight excluding hydrogens is 244 g/mol. The van der Waals surface area contributed by atoms with E-state index in [4.69, 9.17) is 4.74 Å². The number of aromatic hydroxyl groups is 1. The van der Waals surface area contributed by atoms with E-state index in [-0.39, 0.29) is 23.7 Å². The van der Waals surface area contributed by atoms with Gasteiger partial charge >= 0.3 is 0 Å². The van der Waals surface area contributed by atoms with Crippen molar-refractivity contribution in [2.24, 2.45) is 0 Å². The molecule has 5 nitrogen and oxygen atoms in total. The average molecular weight is 264 g/mol. The molecule has 104 valence electrons. The van der Waals surface area contributed by atoms with Crippen LogP contribution in [0.2, 0.25) is 0 Å². The maximum atomic E-state index is 11.8. The molecule has 19 heavy (non-hydrogen) atoms. The van der Waals surface area contributed by atoms with Crippen molar-refractivity contribution in [2.45, 2.75) is 25.4 Å². The number of ether oxygens (including phenoxy) is 1. The van der Waals surface area contributed by atoms with Crippen LogP contribution < -0.4 is 10.1 Å². The van der Waals surface area contributed by atoms with E-state index in [0.717, 1.165) is 18.5 Å². The number of phenolic OH excluding ortho intramolecular Hbond substituents is 1. The Balaban J connectivity index is 2.08. The van der Waals surface area contributed by atoms with E-state index in [9.17, 15) is 9.90 Å². The third-order valence-electron chi connectivity index (χ3n) is 3.58. The molecular formula is C14H20N2O3. The Kier molecular flexibility index (Phi) is 3.95. The highest BCUT2D eigenvalue weighted by atomic mass is 16.5. The molecule has 1 heterocycles. The summed E-state index contributed by atoms with van der Waals surface area (Å²) >= 11 is 0. The van der Waals surface area contributed by atoms with E-state index in [1.165, 1.54) is 7.11 Å². The van der Waals surface area contributed by atoms with Gasteiger partial charge in [-0.15, -0.1) is 0 Å². The number of phenols is 1. The number of nitrogens with one attached hydrogen (secondary N) is 1. The van der Waals surface area contributed by atoms with Gasteiger partial charge in [0.25, 0.3) is 0 Å². The highest BCUT2D eigenvalue weighted by Crippen LogP contribution is 2.29. The summed E-state index contributed by atoms with van der Waals surface area (Å²) in [6.07, 6.45) is 0.828. The minimum Gasteiger partial charge on any atom is -0.504 e. The van der Waals surface area contributed by atoms with Crippen LogP contribution in [0.15, 0.2) is 18.2 Å². The van der Waals surface area contributed by atoms with Crippen molar-refractivity contribution in [1.29, 1.82) is 0 Å². The van der Waals surface area contributed by atoms with Crippen LogP contribution in [0.25, 0.3) is 0 Å². The Labute approximate surface area is 113 Å². The predicted molar refractivity (Wildman–Crippen MR) is 72.3 cm³/mol. The zero-order valence-electron chi connectivity index (χ0n) is 11.5. The van der Waals surface area contributed by atoms with Crippen LogP contribution in [0.4, 0.5) is 0 Å². The second kappa shape index (κ2) is 5.48. The van der Waals surface area contributed by atoms with Gasteiger partial charge in [-0.1, -0.05) is 6.07 Å². The van der Waals surface area contributed by atoms with Crippen LogP contribution in [0, 0.1) is 0 Å². The number of hydrogen-bond acceptors (Lipinski definition) is 4. The SMILES string of the molecule is COc1cc(C(C)NC2CCN(C)C2=O)ccc1O. The Morgan fingerprint density at radius 3 is 2.84 bits per heavy atom. The topological polar surface area (TPSA) is 61.8 Å². The predicted octanol–water partition coefficient (Wildman–Crippen LogP) is 1.28. The number of benzene rings is 1. The molecule has 1 fully saturated rings. The Bertz CT molecular complexity index is 476. The van der Waals surface area contributed by atoms with E-state index < -0.39 is 0 Å². The van der Waals surface area contributed by atoms with Gasteiger partial charge in [-0.25, -0.2) is 0 Å². The molecule has 1 saturated heterocycles. The fraction of sp³-hybridized carbons (Fsp3) is 0.500. The van der Waals surface area contributed by atoms with Crippen molar-refractivity contribution in [1.82, 2.24) is 10.2 Å². The first-order valence-corrected chi connectivity index (χ1v) is 6.41. The second-order valence-corrected chi connectivity index (χ2v) is 4.92. The van der Waals surface area contributed by atoms with E-state index in [1.807, 2.05) is 20.0 Å². The summed E-state index contributed by atoms with van der Waals surface area (Å²) in [5.74, 6) is 0.703. The van der Waals surface area contributed by atoms with Gasteiger partial charge in [0.1, 0.15) is 0 Å². The van der Waals surface area contributed by atoms with Gasteiger partial charge in [-0.3, -0.25) is 10.1 Å². The molecule has 0 aliphatic carbocycles. The number of rotatable bonds is 4. The van der Waals surface area contributed by atoms with Crippen LogP contribution in [0.1, 0.15) is 24.9 Å². The number of nitrogens with zero attached hydrogens (tertiary/aromatic N) is 1. The first-order chi connectivity index (χ1) is 9.02. The van der Waals surface area contributed by atoms with Gasteiger partial charge in [0, 0.05) is 19.6 Å². The zero-order chi connectivity index (χ0) is 14.0. The Morgan fingerprint density at radius 1 is 1.53 bits per heavy atom. The normalized spacial score (nSPS) is 20.7. The van der Waals surface area contributed by atoms with Crippen LogP contribution >= 0.6 is 0 Å². The number of likely N-dealkylation sites (N-methyl/N-ethyl adjacent to an activating group) is 1. The lowest BCUT2D eigenvalue weighted by atomic mass is 10.1. The maximum Gasteiger partial charge on any atom is 0.239 e. The first-order valence-electron chi connectivity index (χ1n) is 6.41. The lowest BCUT2D eigenvalue weighted by Gasteiger charge is -2.19. The van der Waals surface area contributed by atoms with Crippen molar-refractivity contribution in [3.8, 4) is 11.5 Å². The van der Waals surface area contributed by atoms with E-state index in [0.29, 0.717) is 5.75 Å². The fourth-order valence-electron chi connectivity index (χ4n) is 2.34. The van der Waals surface area contributed by atoms with E-state index in [2.05, 4.69) is 5.32 Å². The lowest BCUT2D eigenvalue weighted by Crippen LogP contribution is -2.38. The summed E-state index contributed by atoms with van der Waals surface area (Å²) in [5.41, 5.74) is 0.983. The van der Waals surface area contributed by atoms with Crippen LogP contribution in [0.3, 0.4) is 0 Å². The highest BCUT2D eigenvalue weighted by molar-refractivity contribution is 5.83. The summed E-state index contributed by atoms with van der Waals surface area (Å²) in [7, 11) is 3.34. The largest absolute Gasteiger partial charge is 0.504 e. The molecule has 1 amide bonds. The summed E-state index contributed by atoms with van der Waals surface area (Å²) in [4.78, 5) is 13.6. The average Bonchev–Trinajstić information content (AvgIpc) is 2.71. The van der Waals surface area contributed by atoms with Crippen LogP contribution in [-0.4, -0.2) is 42.7 Å². The molecule has 2 rings (SSSR count). The second-order valence-electron chi connectivity index (χ2n) is 4.92. The Morgan fingerprint density at radius 2 is 2.26 bits per heavy atom. The number of hydrogen-bond donors (Lipinski definition) is 2. The molecule has 5 heteroatoms. The maximum absolute atomic E-state index is 11.8. The van der Waals surface area contributed by atoms with Crippen molar-refractivity contribution in [3.63, 3.8) is 0 Å². The van der Waals surface area contributed by atoms with Crippen molar-refractivity contribution < 1.29 is 14.6 Å². The lowest BCUT2D eigenvalue weighted by molar-refractivity contribution is -0.128. The molecule has 0 radical (unpaired) electrons. The molecule has 1 aliphatic heterocycles. The van der Waals surface area contributed by atoms with Gasteiger partial charge in [0.05, 0.1) is 13.2 Å². The minimum absolute atomic E-state index is 0.0231. The van der Waals surface area contributed by atoms with Crippen LogP contribution in [0.5, 0.6) is 11.5 Å². The smallest absolute Gasteiger partial charge is 0.239 e. The van der Waals surface area contributed by atoms with Crippen molar-refractivity contribution >= 4 is 5.91 Å². The van der Waals surface area contributed by atoms with Gasteiger partial charge in [-0.2, -0.15) is 0 Å². The van der Waals surface area contributed by atoms with Crippen molar-refractivity contribution in [3.05, 3.63) is 23.8 Å². The third kappa shape index (κ3) is 2.81. The number of carbonyl (C=O) groups excluding carboxylic acids is 1. The molecule has 0 bridgehead atoms. The first kappa shape index (κ1) is 13.7. The highest BCUT2D eigenvalue weighted by Gasteiger charge is 2.30. The summed E-state index contributed by atoms with van der Waals surface area (Å²) in [6, 6.07) is 5.12. The minimum atomic E-state index is -0.125. The van der Waals surface area contributed by atoms with E-state index in [1.54, 1.807) is 17.0 Å². The molecule has 2 atom stereocenters. The molecule has 1 aromatic rings. The summed E-state index contributed by atoms with van der Waals surface area (Å²) < 4.78 is 5.09. The number of likely N-dealkylation sites (tertiary alicyclic amines) is 1. The number of amides is 1. The standard InChI is InChI=1S/C14H20N2O3/c1-9(15-11-6-7-16(2)14(11)18)10-4-5-12(17)13(8-10)19-3/h4-5,8-9,11,15,17H,6-7H2,1-3H3. The summed E-state index contributed by atoms with van der Waals surface area (Å²) in [6.45, 7) is 2.79. The zero-order valence-corrected chi connectivity index (χ0v) is 11.5. The fourth-order valence-corrected chi connectivity index (χ4v) is 2.34. The molecule has 1 aliphatic rings. The molecule has 0 aromatic heterocycles. The van der Waals surface area contributed by atoms with Gasteiger partial charge in [0.15, 0.2) is 11.5 Å². The molecule has 2 unspecified atom stereocenters. The Hall–Kier alpha value is -1.75.